The summed E-state index contributed by atoms with van der Waals surface area (Å²) >= 11 is 0. The first-order chi connectivity index (χ1) is 11.6. The standard InChI is InChI=1S/C18H19FN4O/c1-3-22(4-2)15-8-6-14(7-9-15)20-18(24)16-12-23-11-13(19)5-10-17(23)21-16/h5-12H,3-4H2,1-2H3,(H,20,24). The third kappa shape index (κ3) is 3.22. The molecule has 124 valence electrons. The Balaban J connectivity index is 1.76. The lowest BCUT2D eigenvalue weighted by molar-refractivity contribution is 0.102. The Kier molecular flexibility index (Phi) is 4.46. The van der Waals surface area contributed by atoms with Crippen LogP contribution in [0.25, 0.3) is 5.65 Å². The molecule has 0 aliphatic carbocycles. The summed E-state index contributed by atoms with van der Waals surface area (Å²) in [6, 6.07) is 10.5. The van der Waals surface area contributed by atoms with Crippen LogP contribution in [0, 0.1) is 5.82 Å². The zero-order valence-corrected chi connectivity index (χ0v) is 13.7. The molecule has 0 radical (unpaired) electrons. The Morgan fingerprint density at radius 1 is 1.12 bits per heavy atom. The molecule has 3 aromatic rings. The van der Waals surface area contributed by atoms with Crippen molar-refractivity contribution in [2.75, 3.05) is 23.3 Å². The number of fused-ring (bicyclic) bond motifs is 1. The molecule has 1 N–H and O–H groups in total. The number of imidazole rings is 1. The molecule has 2 heterocycles. The predicted molar refractivity (Wildman–Crippen MR) is 93.1 cm³/mol. The number of carbonyl (C=O) groups is 1. The number of carbonyl (C=O) groups excluding carboxylic acids is 1. The molecular weight excluding hydrogens is 307 g/mol. The third-order valence-corrected chi connectivity index (χ3v) is 3.90. The fourth-order valence-electron chi connectivity index (χ4n) is 2.61. The van der Waals surface area contributed by atoms with Crippen LogP contribution in [-0.2, 0) is 0 Å². The molecule has 6 heteroatoms. The maximum Gasteiger partial charge on any atom is 0.275 e. The lowest BCUT2D eigenvalue weighted by Crippen LogP contribution is -2.21. The number of halogens is 1. The van der Waals surface area contributed by atoms with Crippen LogP contribution in [0.15, 0.2) is 48.8 Å². The van der Waals surface area contributed by atoms with E-state index in [1.807, 2.05) is 24.3 Å². The van der Waals surface area contributed by atoms with Gasteiger partial charge >= 0.3 is 0 Å². The Morgan fingerprint density at radius 3 is 2.50 bits per heavy atom. The molecule has 0 bridgehead atoms. The van der Waals surface area contributed by atoms with Crippen LogP contribution in [-0.4, -0.2) is 28.4 Å². The summed E-state index contributed by atoms with van der Waals surface area (Å²) in [6.45, 7) is 6.07. The Hall–Kier alpha value is -2.89. The lowest BCUT2D eigenvalue weighted by Gasteiger charge is -2.21. The molecule has 24 heavy (non-hydrogen) atoms. The zero-order chi connectivity index (χ0) is 17.1. The summed E-state index contributed by atoms with van der Waals surface area (Å²) in [5, 5.41) is 2.81. The van der Waals surface area contributed by atoms with Crippen LogP contribution in [0.4, 0.5) is 15.8 Å². The molecule has 0 atom stereocenters. The van der Waals surface area contributed by atoms with Gasteiger partial charge in [0.15, 0.2) is 0 Å². The number of rotatable bonds is 5. The van der Waals surface area contributed by atoms with Crippen molar-refractivity contribution in [1.82, 2.24) is 9.38 Å². The smallest absolute Gasteiger partial charge is 0.275 e. The fraction of sp³-hybridized carbons (Fsp3) is 0.222. The summed E-state index contributed by atoms with van der Waals surface area (Å²) < 4.78 is 14.7. The highest BCUT2D eigenvalue weighted by molar-refractivity contribution is 6.03. The number of nitrogens with zero attached hydrogens (tertiary/aromatic N) is 3. The number of amides is 1. The molecule has 0 spiro atoms. The normalized spacial score (nSPS) is 10.8. The van der Waals surface area contributed by atoms with Gasteiger partial charge in [0.2, 0.25) is 0 Å². The lowest BCUT2D eigenvalue weighted by atomic mass is 10.2. The molecule has 0 saturated heterocycles. The highest BCUT2D eigenvalue weighted by Crippen LogP contribution is 2.18. The topological polar surface area (TPSA) is 49.6 Å². The van der Waals surface area contributed by atoms with E-state index in [-0.39, 0.29) is 17.4 Å². The Morgan fingerprint density at radius 2 is 1.83 bits per heavy atom. The first-order valence-corrected chi connectivity index (χ1v) is 7.91. The molecule has 0 aliphatic heterocycles. The van der Waals surface area contributed by atoms with E-state index < -0.39 is 0 Å². The second-order valence-corrected chi connectivity index (χ2v) is 5.41. The van der Waals surface area contributed by atoms with Gasteiger partial charge in [-0.25, -0.2) is 9.37 Å². The van der Waals surface area contributed by atoms with E-state index in [0.717, 1.165) is 18.8 Å². The molecule has 0 unspecified atom stereocenters. The van der Waals surface area contributed by atoms with Gasteiger partial charge in [-0.1, -0.05) is 0 Å². The van der Waals surface area contributed by atoms with Crippen LogP contribution in [0.3, 0.4) is 0 Å². The van der Waals surface area contributed by atoms with Crippen LogP contribution < -0.4 is 10.2 Å². The van der Waals surface area contributed by atoms with Gasteiger partial charge in [-0.3, -0.25) is 4.79 Å². The van der Waals surface area contributed by atoms with E-state index in [1.54, 1.807) is 0 Å². The SMILES string of the molecule is CCN(CC)c1ccc(NC(=O)c2cn3cc(F)ccc3n2)cc1. The summed E-state index contributed by atoms with van der Waals surface area (Å²) in [7, 11) is 0. The second kappa shape index (κ2) is 6.70. The number of hydrogen-bond donors (Lipinski definition) is 1. The van der Waals surface area contributed by atoms with E-state index in [9.17, 15) is 9.18 Å². The van der Waals surface area contributed by atoms with E-state index in [2.05, 4.69) is 29.0 Å². The van der Waals surface area contributed by atoms with E-state index >= 15 is 0 Å². The van der Waals surface area contributed by atoms with Gasteiger partial charge in [-0.05, 0) is 50.2 Å². The first kappa shape index (κ1) is 16.0. The van der Waals surface area contributed by atoms with Gasteiger partial charge < -0.3 is 14.6 Å². The van der Waals surface area contributed by atoms with Crippen molar-refractivity contribution in [2.24, 2.45) is 0 Å². The van der Waals surface area contributed by atoms with Gasteiger partial charge in [0, 0.05) is 36.9 Å². The van der Waals surface area contributed by atoms with Gasteiger partial charge in [0.1, 0.15) is 17.2 Å². The largest absolute Gasteiger partial charge is 0.372 e. The minimum absolute atomic E-state index is 0.244. The molecule has 1 aromatic carbocycles. The van der Waals surface area contributed by atoms with Gasteiger partial charge in [-0.15, -0.1) is 0 Å². The van der Waals surface area contributed by atoms with Crippen LogP contribution in [0.5, 0.6) is 0 Å². The van der Waals surface area contributed by atoms with Gasteiger partial charge in [0.05, 0.1) is 0 Å². The van der Waals surface area contributed by atoms with E-state index in [1.165, 1.54) is 28.9 Å². The predicted octanol–water partition coefficient (Wildman–Crippen LogP) is 3.57. The summed E-state index contributed by atoms with van der Waals surface area (Å²) in [4.78, 5) is 18.7. The van der Waals surface area contributed by atoms with Crippen LogP contribution in [0.2, 0.25) is 0 Å². The maximum atomic E-state index is 13.2. The van der Waals surface area contributed by atoms with Gasteiger partial charge in [0.25, 0.3) is 5.91 Å². The molecule has 1 amide bonds. The minimum atomic E-state index is -0.376. The van der Waals surface area contributed by atoms with Crippen molar-refractivity contribution >= 4 is 22.9 Å². The molecule has 3 rings (SSSR count). The van der Waals surface area contributed by atoms with Crippen molar-refractivity contribution in [3.05, 3.63) is 60.3 Å². The van der Waals surface area contributed by atoms with Crippen LogP contribution in [0.1, 0.15) is 24.3 Å². The summed E-state index contributed by atoms with van der Waals surface area (Å²) in [5.74, 6) is -0.700. The molecule has 0 saturated carbocycles. The maximum absolute atomic E-state index is 13.2. The van der Waals surface area contributed by atoms with Crippen LogP contribution >= 0.6 is 0 Å². The highest BCUT2D eigenvalue weighted by Gasteiger charge is 2.11. The Bertz CT molecular complexity index is 853. The minimum Gasteiger partial charge on any atom is -0.372 e. The molecule has 2 aromatic heterocycles. The number of nitrogens with one attached hydrogen (secondary N) is 1. The van der Waals surface area contributed by atoms with Crippen molar-refractivity contribution in [1.29, 1.82) is 0 Å². The van der Waals surface area contributed by atoms with Crippen molar-refractivity contribution in [2.45, 2.75) is 13.8 Å². The number of hydrogen-bond acceptors (Lipinski definition) is 3. The monoisotopic (exact) mass is 326 g/mol. The third-order valence-electron chi connectivity index (χ3n) is 3.90. The summed E-state index contributed by atoms with van der Waals surface area (Å²) in [5.41, 5.74) is 2.58. The molecule has 5 nitrogen and oxygen atoms in total. The molecule has 0 fully saturated rings. The second-order valence-electron chi connectivity index (χ2n) is 5.41. The van der Waals surface area contributed by atoms with Crippen molar-refractivity contribution < 1.29 is 9.18 Å². The van der Waals surface area contributed by atoms with E-state index in [4.69, 9.17) is 0 Å². The number of anilines is 2. The van der Waals surface area contributed by atoms with E-state index in [0.29, 0.717) is 11.3 Å². The number of benzene rings is 1. The number of pyridine rings is 1. The molecular formula is C18H19FN4O. The quantitative estimate of drug-likeness (QED) is 0.780. The average Bonchev–Trinajstić information content (AvgIpc) is 3.00. The fourth-order valence-corrected chi connectivity index (χ4v) is 2.61. The summed E-state index contributed by atoms with van der Waals surface area (Å²) in [6.07, 6.45) is 2.80. The van der Waals surface area contributed by atoms with Crippen molar-refractivity contribution in [3.63, 3.8) is 0 Å². The highest BCUT2D eigenvalue weighted by atomic mass is 19.1. The molecule has 0 aliphatic rings. The average molecular weight is 326 g/mol. The van der Waals surface area contributed by atoms with Gasteiger partial charge in [-0.2, -0.15) is 0 Å². The zero-order valence-electron chi connectivity index (χ0n) is 13.7. The Labute approximate surface area is 139 Å². The number of aromatic nitrogens is 2. The first-order valence-electron chi connectivity index (χ1n) is 7.91. The van der Waals surface area contributed by atoms with Crippen molar-refractivity contribution in [3.8, 4) is 0 Å².